The molecule has 0 radical (unpaired) electrons. The first-order chi connectivity index (χ1) is 9.36. The van der Waals surface area contributed by atoms with Crippen LogP contribution in [0.15, 0.2) is 10.7 Å². The van der Waals surface area contributed by atoms with Gasteiger partial charge in [-0.25, -0.2) is 0 Å². The van der Waals surface area contributed by atoms with E-state index in [0.29, 0.717) is 11.1 Å². The van der Waals surface area contributed by atoms with Crippen LogP contribution in [0.4, 0.5) is 0 Å². The monoisotopic (exact) mass is 279 g/mol. The van der Waals surface area contributed by atoms with Crippen LogP contribution >= 0.6 is 0 Å². The highest BCUT2D eigenvalue weighted by molar-refractivity contribution is 5.97. The molecule has 1 aromatic heterocycles. The summed E-state index contributed by atoms with van der Waals surface area (Å²) in [6, 6.07) is 0. The molecule has 1 amide bonds. The van der Waals surface area contributed by atoms with Crippen molar-refractivity contribution in [1.29, 1.82) is 0 Å². The van der Waals surface area contributed by atoms with Gasteiger partial charge in [-0.3, -0.25) is 9.59 Å². The molecule has 1 N–H and O–H groups in total. The number of carboxylic acids is 1. The Kier molecular flexibility index (Phi) is 3.88. The number of hydrogen-bond donors (Lipinski definition) is 1. The summed E-state index contributed by atoms with van der Waals surface area (Å²) >= 11 is 0. The van der Waals surface area contributed by atoms with E-state index in [-0.39, 0.29) is 23.5 Å². The molecule has 0 aromatic carbocycles. The van der Waals surface area contributed by atoms with E-state index in [4.69, 9.17) is 9.52 Å². The topological polar surface area (TPSA) is 70.8 Å². The van der Waals surface area contributed by atoms with Crippen LogP contribution in [-0.2, 0) is 11.2 Å². The number of carbonyl (C=O) groups is 2. The predicted octanol–water partition coefficient (Wildman–Crippen LogP) is 2.48. The van der Waals surface area contributed by atoms with E-state index >= 15 is 0 Å². The van der Waals surface area contributed by atoms with Gasteiger partial charge in [-0.1, -0.05) is 13.8 Å². The van der Waals surface area contributed by atoms with Crippen molar-refractivity contribution >= 4 is 11.9 Å². The number of amides is 1. The van der Waals surface area contributed by atoms with Crippen LogP contribution in [0.2, 0.25) is 0 Å². The molecule has 1 unspecified atom stereocenters. The second-order valence-electron chi connectivity index (χ2n) is 5.93. The van der Waals surface area contributed by atoms with Gasteiger partial charge in [0.1, 0.15) is 12.2 Å². The van der Waals surface area contributed by atoms with Gasteiger partial charge in [-0.15, -0.1) is 0 Å². The van der Waals surface area contributed by atoms with Crippen molar-refractivity contribution in [3.8, 4) is 0 Å². The van der Waals surface area contributed by atoms with E-state index < -0.39 is 5.97 Å². The van der Waals surface area contributed by atoms with E-state index in [0.717, 1.165) is 25.9 Å². The SMILES string of the molecule is CCC1(C)CCN(C(=O)c2c(C)coc2CC(=O)O)C1. The van der Waals surface area contributed by atoms with Crippen LogP contribution < -0.4 is 0 Å². The van der Waals surface area contributed by atoms with Crippen LogP contribution in [0.25, 0.3) is 0 Å². The molecule has 1 saturated heterocycles. The lowest BCUT2D eigenvalue weighted by molar-refractivity contribution is -0.136. The molecule has 1 atom stereocenters. The largest absolute Gasteiger partial charge is 0.481 e. The normalized spacial score (nSPS) is 22.2. The predicted molar refractivity (Wildman–Crippen MR) is 73.7 cm³/mol. The quantitative estimate of drug-likeness (QED) is 0.919. The molecular weight excluding hydrogens is 258 g/mol. The summed E-state index contributed by atoms with van der Waals surface area (Å²) in [5.41, 5.74) is 1.30. The maximum absolute atomic E-state index is 12.6. The number of likely N-dealkylation sites (tertiary alicyclic amines) is 1. The van der Waals surface area contributed by atoms with Crippen molar-refractivity contribution in [3.05, 3.63) is 23.2 Å². The molecule has 0 bridgehead atoms. The number of rotatable bonds is 4. The zero-order chi connectivity index (χ0) is 14.9. The van der Waals surface area contributed by atoms with Crippen molar-refractivity contribution in [3.63, 3.8) is 0 Å². The summed E-state index contributed by atoms with van der Waals surface area (Å²) in [6.07, 6.45) is 3.22. The third kappa shape index (κ3) is 2.71. The molecule has 2 rings (SSSR count). The zero-order valence-corrected chi connectivity index (χ0v) is 12.2. The van der Waals surface area contributed by atoms with Crippen molar-refractivity contribution in [2.24, 2.45) is 5.41 Å². The molecule has 1 aromatic rings. The number of aliphatic carboxylic acids is 1. The zero-order valence-electron chi connectivity index (χ0n) is 12.2. The maximum atomic E-state index is 12.6. The fraction of sp³-hybridized carbons (Fsp3) is 0.600. The Morgan fingerprint density at radius 1 is 1.50 bits per heavy atom. The lowest BCUT2D eigenvalue weighted by Gasteiger charge is -2.22. The molecule has 1 aliphatic rings. The second-order valence-corrected chi connectivity index (χ2v) is 5.93. The van der Waals surface area contributed by atoms with Crippen molar-refractivity contribution in [1.82, 2.24) is 4.90 Å². The lowest BCUT2D eigenvalue weighted by Crippen LogP contribution is -2.31. The molecule has 0 spiro atoms. The van der Waals surface area contributed by atoms with Crippen LogP contribution in [-0.4, -0.2) is 35.0 Å². The van der Waals surface area contributed by atoms with E-state index in [2.05, 4.69) is 13.8 Å². The van der Waals surface area contributed by atoms with Gasteiger partial charge >= 0.3 is 5.97 Å². The minimum atomic E-state index is -0.992. The second kappa shape index (κ2) is 5.31. The molecule has 5 heteroatoms. The Labute approximate surface area is 118 Å². The maximum Gasteiger partial charge on any atom is 0.311 e. The van der Waals surface area contributed by atoms with Crippen LogP contribution in [0.5, 0.6) is 0 Å². The third-order valence-electron chi connectivity index (χ3n) is 4.28. The molecule has 5 nitrogen and oxygen atoms in total. The minimum Gasteiger partial charge on any atom is -0.481 e. The first-order valence-electron chi connectivity index (χ1n) is 6.94. The average Bonchev–Trinajstić information content (AvgIpc) is 2.93. The minimum absolute atomic E-state index is 0.107. The number of carboxylic acid groups (broad SMARTS) is 1. The number of carbonyl (C=O) groups excluding carboxylic acids is 1. The molecule has 110 valence electrons. The smallest absolute Gasteiger partial charge is 0.311 e. The molecule has 0 saturated carbocycles. The van der Waals surface area contributed by atoms with Gasteiger partial charge in [-0.05, 0) is 25.2 Å². The summed E-state index contributed by atoms with van der Waals surface area (Å²) in [6.45, 7) is 7.53. The van der Waals surface area contributed by atoms with E-state index in [1.54, 1.807) is 6.92 Å². The first-order valence-corrected chi connectivity index (χ1v) is 6.94. The highest BCUT2D eigenvalue weighted by Gasteiger charge is 2.36. The number of furan rings is 1. The third-order valence-corrected chi connectivity index (χ3v) is 4.28. The highest BCUT2D eigenvalue weighted by Crippen LogP contribution is 2.34. The van der Waals surface area contributed by atoms with Crippen molar-refractivity contribution in [2.45, 2.75) is 40.0 Å². The Morgan fingerprint density at radius 3 is 2.75 bits per heavy atom. The lowest BCUT2D eigenvalue weighted by atomic mass is 9.87. The Balaban J connectivity index is 2.22. The summed E-state index contributed by atoms with van der Waals surface area (Å²) in [5.74, 6) is -0.844. The molecule has 1 aliphatic heterocycles. The standard InChI is InChI=1S/C15H21NO4/c1-4-15(3)5-6-16(9-15)14(19)13-10(2)8-20-11(13)7-12(17)18/h8H,4-7,9H2,1-3H3,(H,17,18). The van der Waals surface area contributed by atoms with Crippen LogP contribution in [0, 0.1) is 12.3 Å². The van der Waals surface area contributed by atoms with Gasteiger partial charge in [0.05, 0.1) is 11.8 Å². The average molecular weight is 279 g/mol. The summed E-state index contributed by atoms with van der Waals surface area (Å²) in [4.78, 5) is 25.3. The van der Waals surface area contributed by atoms with Gasteiger partial charge in [-0.2, -0.15) is 0 Å². The van der Waals surface area contributed by atoms with Gasteiger partial charge in [0.25, 0.3) is 5.91 Å². The van der Waals surface area contributed by atoms with Gasteiger partial charge < -0.3 is 14.4 Å². The molecule has 0 aliphatic carbocycles. The summed E-state index contributed by atoms with van der Waals surface area (Å²) in [7, 11) is 0. The molecule has 2 heterocycles. The number of nitrogens with zero attached hydrogens (tertiary/aromatic N) is 1. The van der Waals surface area contributed by atoms with E-state index in [1.165, 1.54) is 6.26 Å². The van der Waals surface area contributed by atoms with Gasteiger partial charge in [0.15, 0.2) is 0 Å². The Morgan fingerprint density at radius 2 is 2.20 bits per heavy atom. The fourth-order valence-electron chi connectivity index (χ4n) is 2.70. The van der Waals surface area contributed by atoms with Crippen LogP contribution in [0.3, 0.4) is 0 Å². The van der Waals surface area contributed by atoms with Crippen molar-refractivity contribution in [2.75, 3.05) is 13.1 Å². The molecule has 1 fully saturated rings. The number of hydrogen-bond acceptors (Lipinski definition) is 3. The van der Waals surface area contributed by atoms with Crippen molar-refractivity contribution < 1.29 is 19.1 Å². The molecular formula is C15H21NO4. The highest BCUT2D eigenvalue weighted by atomic mass is 16.4. The summed E-state index contributed by atoms with van der Waals surface area (Å²) in [5, 5.41) is 8.88. The molecule has 20 heavy (non-hydrogen) atoms. The van der Waals surface area contributed by atoms with E-state index in [9.17, 15) is 9.59 Å². The Hall–Kier alpha value is -1.78. The summed E-state index contributed by atoms with van der Waals surface area (Å²) < 4.78 is 5.24. The Bertz CT molecular complexity index is 534. The first kappa shape index (κ1) is 14.6. The van der Waals surface area contributed by atoms with Gasteiger partial charge in [0, 0.05) is 18.7 Å². The number of aryl methyl sites for hydroxylation is 1. The fourth-order valence-corrected chi connectivity index (χ4v) is 2.70. The van der Waals surface area contributed by atoms with E-state index in [1.807, 2.05) is 4.90 Å². The van der Waals surface area contributed by atoms with Gasteiger partial charge in [0.2, 0.25) is 0 Å². The van der Waals surface area contributed by atoms with Crippen LogP contribution in [0.1, 0.15) is 48.4 Å².